The maximum Gasteiger partial charge on any atom is 0.230 e. The standard InChI is InChI=1S/C21H22N8O3S/c1-13-6-4-8-15(20(13)32-2)16-10-17(25-21(22)24-16)18-12-29(28-26-18)11-14-7-5-9-19(23-14)27-33(3,30)31/h4-10,12H,11H2,1-3H3,(H,23,27)(H2,22,24,25). The minimum atomic E-state index is -3.42. The quantitative estimate of drug-likeness (QED) is 0.417. The van der Waals surface area contributed by atoms with Crippen LogP contribution in [-0.2, 0) is 16.6 Å². The largest absolute Gasteiger partial charge is 0.496 e. The molecule has 4 aromatic rings. The van der Waals surface area contributed by atoms with Crippen molar-refractivity contribution in [2.45, 2.75) is 13.5 Å². The number of methoxy groups -OCH3 is 1. The van der Waals surface area contributed by atoms with Crippen LogP contribution in [-0.4, -0.2) is 51.7 Å². The lowest BCUT2D eigenvalue weighted by atomic mass is 10.1. The number of nitrogen functional groups attached to an aromatic ring is 1. The second kappa shape index (κ2) is 8.82. The highest BCUT2D eigenvalue weighted by Crippen LogP contribution is 2.33. The highest BCUT2D eigenvalue weighted by atomic mass is 32.2. The van der Waals surface area contributed by atoms with Gasteiger partial charge in [0, 0.05) is 5.56 Å². The first kappa shape index (κ1) is 22.1. The molecule has 0 atom stereocenters. The van der Waals surface area contributed by atoms with Gasteiger partial charge in [0.05, 0.1) is 43.2 Å². The number of ether oxygens (including phenoxy) is 1. The average Bonchev–Trinajstić information content (AvgIpc) is 3.20. The SMILES string of the molecule is COc1c(C)cccc1-c1cc(-c2cn(Cc3cccc(NS(C)(=O)=O)n3)nn2)nc(N)n1. The first-order chi connectivity index (χ1) is 15.7. The first-order valence-electron chi connectivity index (χ1n) is 9.84. The van der Waals surface area contributed by atoms with E-state index in [0.717, 1.165) is 17.4 Å². The number of nitrogens with one attached hydrogen (secondary N) is 1. The van der Waals surface area contributed by atoms with E-state index in [4.69, 9.17) is 10.5 Å². The van der Waals surface area contributed by atoms with Crippen LogP contribution < -0.4 is 15.2 Å². The van der Waals surface area contributed by atoms with Gasteiger partial charge in [0.1, 0.15) is 17.3 Å². The maximum absolute atomic E-state index is 11.4. The molecule has 11 nitrogen and oxygen atoms in total. The van der Waals surface area contributed by atoms with Crippen molar-refractivity contribution in [3.63, 3.8) is 0 Å². The van der Waals surface area contributed by atoms with E-state index in [1.165, 1.54) is 0 Å². The molecule has 1 aromatic carbocycles. The van der Waals surface area contributed by atoms with Crippen molar-refractivity contribution in [3.8, 4) is 28.4 Å². The highest BCUT2D eigenvalue weighted by molar-refractivity contribution is 7.92. The molecular weight excluding hydrogens is 444 g/mol. The molecule has 0 fully saturated rings. The molecule has 0 aliphatic heterocycles. The Balaban J connectivity index is 1.62. The average molecular weight is 467 g/mol. The van der Waals surface area contributed by atoms with E-state index < -0.39 is 10.0 Å². The number of hydrogen-bond donors (Lipinski definition) is 2. The van der Waals surface area contributed by atoms with Crippen molar-refractivity contribution in [1.82, 2.24) is 29.9 Å². The minimum Gasteiger partial charge on any atom is -0.496 e. The highest BCUT2D eigenvalue weighted by Gasteiger charge is 2.15. The Bertz CT molecular complexity index is 1420. The van der Waals surface area contributed by atoms with Crippen molar-refractivity contribution < 1.29 is 13.2 Å². The zero-order valence-corrected chi connectivity index (χ0v) is 19.0. The number of para-hydroxylation sites is 1. The van der Waals surface area contributed by atoms with Crippen LogP contribution in [0.4, 0.5) is 11.8 Å². The molecule has 3 aromatic heterocycles. The molecule has 170 valence electrons. The van der Waals surface area contributed by atoms with Crippen LogP contribution in [0.3, 0.4) is 0 Å². The van der Waals surface area contributed by atoms with Gasteiger partial charge in [-0.05, 0) is 36.8 Å². The topological polar surface area (TPSA) is 151 Å². The zero-order chi connectivity index (χ0) is 23.6. The molecule has 0 radical (unpaired) electrons. The summed E-state index contributed by atoms with van der Waals surface area (Å²) < 4.78 is 32.4. The van der Waals surface area contributed by atoms with Crippen molar-refractivity contribution >= 4 is 21.8 Å². The van der Waals surface area contributed by atoms with Crippen LogP contribution >= 0.6 is 0 Å². The van der Waals surface area contributed by atoms with Crippen LogP contribution in [0.25, 0.3) is 22.6 Å². The molecule has 12 heteroatoms. The predicted molar refractivity (Wildman–Crippen MR) is 124 cm³/mol. The molecule has 0 unspecified atom stereocenters. The summed E-state index contributed by atoms with van der Waals surface area (Å²) in [5, 5.41) is 8.33. The minimum absolute atomic E-state index is 0.0989. The Morgan fingerprint density at radius 2 is 1.82 bits per heavy atom. The number of nitrogens with two attached hydrogens (primary N) is 1. The summed E-state index contributed by atoms with van der Waals surface area (Å²) >= 11 is 0. The number of nitrogens with zero attached hydrogens (tertiary/aromatic N) is 6. The van der Waals surface area contributed by atoms with Crippen LogP contribution in [0.2, 0.25) is 0 Å². The molecule has 4 rings (SSSR count). The number of sulfonamides is 1. The predicted octanol–water partition coefficient (Wildman–Crippen LogP) is 2.12. The van der Waals surface area contributed by atoms with E-state index in [2.05, 4.69) is 30.0 Å². The second-order valence-electron chi connectivity index (χ2n) is 7.34. The fourth-order valence-corrected chi connectivity index (χ4v) is 3.83. The first-order valence-corrected chi connectivity index (χ1v) is 11.7. The molecule has 33 heavy (non-hydrogen) atoms. The van der Waals surface area contributed by atoms with E-state index in [9.17, 15) is 8.42 Å². The van der Waals surface area contributed by atoms with Crippen molar-refractivity contribution in [1.29, 1.82) is 0 Å². The smallest absolute Gasteiger partial charge is 0.230 e. The summed E-state index contributed by atoms with van der Waals surface area (Å²) in [7, 11) is -1.81. The number of pyridine rings is 1. The van der Waals surface area contributed by atoms with Gasteiger partial charge in [-0.25, -0.2) is 28.1 Å². The third kappa shape index (κ3) is 5.23. The van der Waals surface area contributed by atoms with Crippen molar-refractivity contribution in [2.24, 2.45) is 0 Å². The van der Waals surface area contributed by atoms with E-state index >= 15 is 0 Å². The third-order valence-electron chi connectivity index (χ3n) is 4.66. The summed E-state index contributed by atoms with van der Waals surface area (Å²) in [6.45, 7) is 2.24. The summed E-state index contributed by atoms with van der Waals surface area (Å²) in [6.07, 6.45) is 2.77. The van der Waals surface area contributed by atoms with E-state index in [0.29, 0.717) is 28.5 Å². The molecular formula is C21H22N8O3S. The molecule has 0 aliphatic carbocycles. The lowest BCUT2D eigenvalue weighted by Crippen LogP contribution is -2.12. The third-order valence-corrected chi connectivity index (χ3v) is 5.24. The van der Waals surface area contributed by atoms with Gasteiger partial charge in [-0.1, -0.05) is 23.4 Å². The Kier molecular flexibility index (Phi) is 5.92. The van der Waals surface area contributed by atoms with Gasteiger partial charge in [0.2, 0.25) is 16.0 Å². The molecule has 0 bridgehead atoms. The number of aromatic nitrogens is 6. The molecule has 0 amide bonds. The molecule has 0 aliphatic rings. The monoisotopic (exact) mass is 466 g/mol. The summed E-state index contributed by atoms with van der Waals surface area (Å²) in [5.74, 6) is 1.04. The summed E-state index contributed by atoms with van der Waals surface area (Å²) in [6, 6.07) is 12.6. The summed E-state index contributed by atoms with van der Waals surface area (Å²) in [5.41, 5.74) is 9.96. The van der Waals surface area contributed by atoms with Crippen LogP contribution in [0.15, 0.2) is 48.7 Å². The van der Waals surface area contributed by atoms with Gasteiger partial charge in [0.25, 0.3) is 0 Å². The maximum atomic E-state index is 11.4. The van der Waals surface area contributed by atoms with Crippen LogP contribution in [0.5, 0.6) is 5.75 Å². The van der Waals surface area contributed by atoms with Crippen LogP contribution in [0.1, 0.15) is 11.3 Å². The second-order valence-corrected chi connectivity index (χ2v) is 9.09. The van der Waals surface area contributed by atoms with Gasteiger partial charge < -0.3 is 10.5 Å². The number of aryl methyl sites for hydroxylation is 1. The zero-order valence-electron chi connectivity index (χ0n) is 18.2. The lowest BCUT2D eigenvalue weighted by molar-refractivity contribution is 0.413. The molecule has 3 N–H and O–H groups in total. The number of anilines is 2. The normalized spacial score (nSPS) is 11.4. The van der Waals surface area contributed by atoms with Gasteiger partial charge in [0.15, 0.2) is 0 Å². The lowest BCUT2D eigenvalue weighted by Gasteiger charge is -2.11. The van der Waals surface area contributed by atoms with Gasteiger partial charge >= 0.3 is 0 Å². The molecule has 0 spiro atoms. The van der Waals surface area contributed by atoms with Crippen molar-refractivity contribution in [2.75, 3.05) is 23.8 Å². The molecule has 0 saturated heterocycles. The number of rotatable bonds is 7. The van der Waals surface area contributed by atoms with Gasteiger partial charge in [-0.2, -0.15) is 0 Å². The van der Waals surface area contributed by atoms with E-state index in [1.54, 1.807) is 42.3 Å². The van der Waals surface area contributed by atoms with E-state index in [1.807, 2.05) is 25.1 Å². The Labute approximate surface area is 190 Å². The molecule has 3 heterocycles. The Hall–Kier alpha value is -4.06. The fourth-order valence-electron chi connectivity index (χ4n) is 3.33. The van der Waals surface area contributed by atoms with Gasteiger partial charge in [-0.15, -0.1) is 5.10 Å². The number of benzene rings is 1. The summed E-state index contributed by atoms with van der Waals surface area (Å²) in [4.78, 5) is 13.0. The van der Waals surface area contributed by atoms with Gasteiger partial charge in [-0.3, -0.25) is 4.72 Å². The van der Waals surface area contributed by atoms with Crippen LogP contribution in [0, 0.1) is 6.92 Å². The Morgan fingerprint density at radius 3 is 2.58 bits per heavy atom. The fraction of sp³-hybridized carbons (Fsp3) is 0.190. The Morgan fingerprint density at radius 1 is 1.06 bits per heavy atom. The molecule has 0 saturated carbocycles. The van der Waals surface area contributed by atoms with E-state index in [-0.39, 0.29) is 18.3 Å². The number of hydrogen-bond acceptors (Lipinski definition) is 9. The van der Waals surface area contributed by atoms with Crippen molar-refractivity contribution in [3.05, 3.63) is 59.9 Å².